The van der Waals surface area contributed by atoms with Gasteiger partial charge in [-0.1, -0.05) is 5.92 Å². The Bertz CT molecular complexity index is 2030. The van der Waals surface area contributed by atoms with Crippen molar-refractivity contribution in [1.82, 2.24) is 25.2 Å². The highest BCUT2D eigenvalue weighted by Crippen LogP contribution is 2.51. The molecule has 5 aliphatic rings. The number of pyridine rings is 1. The lowest BCUT2D eigenvalue weighted by Gasteiger charge is -2.34. The van der Waals surface area contributed by atoms with Crippen LogP contribution in [0.15, 0.2) is 18.2 Å². The van der Waals surface area contributed by atoms with Gasteiger partial charge in [0.05, 0.1) is 19.3 Å². The fourth-order valence-corrected chi connectivity index (χ4v) is 8.33. The quantitative estimate of drug-likeness (QED) is 0.254. The zero-order valence-electron chi connectivity index (χ0n) is 26.5. The first-order chi connectivity index (χ1) is 23.2. The number of methoxy groups -OCH3 is 1. The molecule has 2 aliphatic carbocycles. The fraction of sp³-hybridized carbons (Fsp3) is 0.472. The van der Waals surface area contributed by atoms with Gasteiger partial charge >= 0.3 is 6.01 Å². The Labute approximate surface area is 275 Å². The number of aromatic hydroxyl groups is 1. The number of nitrogens with zero attached hydrogens (tertiary/aromatic N) is 5. The van der Waals surface area contributed by atoms with E-state index in [1.165, 1.54) is 19.6 Å². The molecule has 0 spiro atoms. The minimum atomic E-state index is -0.990. The molecule has 48 heavy (non-hydrogen) atoms. The number of likely N-dealkylation sites (tertiary alicyclic amines) is 1. The summed E-state index contributed by atoms with van der Waals surface area (Å²) in [5.41, 5.74) is -0.803. The fourth-order valence-electron chi connectivity index (χ4n) is 8.33. The molecule has 0 amide bonds. The molecular weight excluding hydrogens is 621 g/mol. The van der Waals surface area contributed by atoms with Crippen LogP contribution in [0.4, 0.5) is 19.0 Å². The largest absolute Gasteiger partial charge is 0.508 e. The second-order valence-corrected chi connectivity index (χ2v) is 14.4. The number of anilines is 1. The number of benzene rings is 2. The van der Waals surface area contributed by atoms with E-state index < -0.39 is 17.5 Å². The molecule has 2 aromatic carbocycles. The van der Waals surface area contributed by atoms with Gasteiger partial charge in [0.2, 0.25) is 5.88 Å². The van der Waals surface area contributed by atoms with Crippen LogP contribution < -0.4 is 19.7 Å². The van der Waals surface area contributed by atoms with Crippen molar-refractivity contribution >= 4 is 27.5 Å². The maximum absolute atomic E-state index is 17.0. The molecule has 2 aromatic heterocycles. The van der Waals surface area contributed by atoms with Crippen molar-refractivity contribution in [2.45, 2.75) is 44.2 Å². The standard InChI is InChI=1S/C36H35F3N6O3/c1-3-23-26(37)11-27(38)24-9-22(46)10-25(28(23)24)31-30(39)32-29(34(41-31)47-2)33(45-14-20-4-5-21(15-45)40-20)43-35(42-32)48-17-36(6-7-36)16-44-12-18-8-19(18)13-44/h1,9-11,18-21,40,46H,4-8,12-17H2,2H3. The summed E-state index contributed by atoms with van der Waals surface area (Å²) in [6.07, 6.45) is 11.1. The Morgan fingerprint density at radius 2 is 1.75 bits per heavy atom. The van der Waals surface area contributed by atoms with Gasteiger partial charge in [-0.15, -0.1) is 6.42 Å². The molecule has 4 aromatic rings. The topological polar surface area (TPSA) is 95.9 Å². The van der Waals surface area contributed by atoms with E-state index in [-0.39, 0.29) is 73.6 Å². The average Bonchev–Trinajstić information content (AvgIpc) is 3.95. The van der Waals surface area contributed by atoms with Gasteiger partial charge in [-0.25, -0.2) is 18.2 Å². The van der Waals surface area contributed by atoms with Crippen molar-refractivity contribution in [1.29, 1.82) is 0 Å². The Hall–Kier alpha value is -4.34. The van der Waals surface area contributed by atoms with Crippen LogP contribution in [0.3, 0.4) is 0 Å². The number of hydrogen-bond acceptors (Lipinski definition) is 9. The highest BCUT2D eigenvalue weighted by molar-refractivity contribution is 6.04. The number of aromatic nitrogens is 3. The predicted molar refractivity (Wildman–Crippen MR) is 174 cm³/mol. The Morgan fingerprint density at radius 1 is 1.00 bits per heavy atom. The molecule has 4 atom stereocenters. The van der Waals surface area contributed by atoms with Crippen LogP contribution in [-0.2, 0) is 0 Å². The molecule has 5 heterocycles. The van der Waals surface area contributed by atoms with Crippen LogP contribution in [-0.4, -0.2) is 83.5 Å². The first-order valence-corrected chi connectivity index (χ1v) is 16.7. The second-order valence-electron chi connectivity index (χ2n) is 14.4. The van der Waals surface area contributed by atoms with Crippen LogP contribution in [0, 0.1) is 47.0 Å². The number of piperidine rings is 1. The first kappa shape index (κ1) is 29.8. The molecular formula is C36H35F3N6O3. The lowest BCUT2D eigenvalue weighted by atomic mass is 9.95. The molecule has 2 N–H and O–H groups in total. The third kappa shape index (κ3) is 4.89. The van der Waals surface area contributed by atoms with Crippen molar-refractivity contribution in [2.75, 3.05) is 51.3 Å². The SMILES string of the molecule is C#Cc1c(F)cc(F)c2cc(O)cc(-c3nc(OC)c4c(N5CC6CCC(C5)N6)nc(OCC5(CN6CC7CC7C6)CC5)nc4c3F)c12. The molecule has 4 unspecified atom stereocenters. The average molecular weight is 657 g/mol. The third-order valence-corrected chi connectivity index (χ3v) is 11.0. The van der Waals surface area contributed by atoms with E-state index in [2.05, 4.69) is 31.0 Å². The van der Waals surface area contributed by atoms with Crippen molar-refractivity contribution in [3.05, 3.63) is 41.2 Å². The zero-order valence-corrected chi connectivity index (χ0v) is 26.5. The highest BCUT2D eigenvalue weighted by Gasteiger charge is 2.51. The summed E-state index contributed by atoms with van der Waals surface area (Å²) in [7, 11) is 1.41. The summed E-state index contributed by atoms with van der Waals surface area (Å²) >= 11 is 0. The van der Waals surface area contributed by atoms with E-state index in [0.717, 1.165) is 63.2 Å². The van der Waals surface area contributed by atoms with Gasteiger partial charge in [-0.05, 0) is 56.1 Å². The maximum atomic E-state index is 17.0. The third-order valence-electron chi connectivity index (χ3n) is 11.0. The van der Waals surface area contributed by atoms with E-state index in [0.29, 0.717) is 31.6 Å². The summed E-state index contributed by atoms with van der Waals surface area (Å²) in [5.74, 6) is 1.22. The number of phenols is 1. The Kier molecular flexibility index (Phi) is 6.72. The van der Waals surface area contributed by atoms with Crippen LogP contribution in [0.2, 0.25) is 0 Å². The number of halogens is 3. The van der Waals surface area contributed by atoms with E-state index >= 15 is 8.78 Å². The van der Waals surface area contributed by atoms with Crippen molar-refractivity contribution in [3.8, 4) is 41.2 Å². The maximum Gasteiger partial charge on any atom is 0.319 e. The molecule has 9 rings (SSSR count). The van der Waals surface area contributed by atoms with Crippen LogP contribution in [0.1, 0.15) is 37.7 Å². The van der Waals surface area contributed by atoms with Gasteiger partial charge in [0.25, 0.3) is 0 Å². The van der Waals surface area contributed by atoms with E-state index in [4.69, 9.17) is 20.9 Å². The summed E-state index contributed by atoms with van der Waals surface area (Å²) in [6.45, 7) is 4.97. The molecule has 3 aliphatic heterocycles. The van der Waals surface area contributed by atoms with Gasteiger partial charge < -0.3 is 29.7 Å². The Morgan fingerprint density at radius 3 is 2.44 bits per heavy atom. The van der Waals surface area contributed by atoms with Crippen molar-refractivity contribution in [3.63, 3.8) is 0 Å². The molecule has 2 saturated carbocycles. The lowest BCUT2D eigenvalue weighted by Crippen LogP contribution is -2.51. The first-order valence-electron chi connectivity index (χ1n) is 16.7. The molecule has 248 valence electrons. The van der Waals surface area contributed by atoms with Crippen molar-refractivity contribution in [2.24, 2.45) is 17.3 Å². The molecule has 0 radical (unpaired) electrons. The van der Waals surface area contributed by atoms with Gasteiger partial charge in [-0.2, -0.15) is 9.97 Å². The number of fused-ring (bicyclic) bond motifs is 5. The smallest absolute Gasteiger partial charge is 0.319 e. The summed E-state index contributed by atoms with van der Waals surface area (Å²) in [4.78, 5) is 18.6. The number of terminal acetylenes is 1. The molecule has 3 saturated heterocycles. The predicted octanol–water partition coefficient (Wildman–Crippen LogP) is 5.01. The van der Waals surface area contributed by atoms with E-state index in [1.807, 2.05) is 0 Å². The van der Waals surface area contributed by atoms with E-state index in [9.17, 15) is 9.50 Å². The van der Waals surface area contributed by atoms with Gasteiger partial charge in [0.15, 0.2) is 5.82 Å². The number of piperazine rings is 1. The summed E-state index contributed by atoms with van der Waals surface area (Å²) in [6, 6.07) is 3.51. The van der Waals surface area contributed by atoms with Gasteiger partial charge in [-0.3, -0.25) is 0 Å². The monoisotopic (exact) mass is 656 g/mol. The van der Waals surface area contributed by atoms with Crippen molar-refractivity contribution < 1.29 is 27.8 Å². The Balaban J connectivity index is 1.19. The number of nitrogens with one attached hydrogen (secondary N) is 1. The van der Waals surface area contributed by atoms with Gasteiger partial charge in [0.1, 0.15) is 39.8 Å². The molecule has 2 bridgehead atoms. The second kappa shape index (κ2) is 10.8. The lowest BCUT2D eigenvalue weighted by molar-refractivity contribution is 0.163. The number of rotatable bonds is 8. The number of phenolic OH excluding ortho intramolecular Hbond substituents is 1. The van der Waals surface area contributed by atoms with Crippen LogP contribution >= 0.6 is 0 Å². The molecule has 5 fully saturated rings. The number of ether oxygens (including phenoxy) is 2. The minimum absolute atomic E-state index is 0.0172. The van der Waals surface area contributed by atoms with Crippen LogP contribution in [0.25, 0.3) is 32.9 Å². The van der Waals surface area contributed by atoms with Crippen LogP contribution in [0.5, 0.6) is 17.6 Å². The minimum Gasteiger partial charge on any atom is -0.508 e. The highest BCUT2D eigenvalue weighted by atomic mass is 19.1. The zero-order chi connectivity index (χ0) is 32.9. The molecule has 12 heteroatoms. The summed E-state index contributed by atoms with van der Waals surface area (Å²) in [5, 5.41) is 14.2. The molecule has 9 nitrogen and oxygen atoms in total. The normalized spacial score (nSPS) is 25.4. The number of hydrogen-bond donors (Lipinski definition) is 2. The van der Waals surface area contributed by atoms with E-state index in [1.54, 1.807) is 0 Å². The van der Waals surface area contributed by atoms with Gasteiger partial charge in [0, 0.05) is 72.6 Å². The summed E-state index contributed by atoms with van der Waals surface area (Å²) < 4.78 is 59.1.